The van der Waals surface area contributed by atoms with Gasteiger partial charge in [0.1, 0.15) is 17.7 Å². The first kappa shape index (κ1) is 22.4. The molecule has 2 aliphatic rings. The van der Waals surface area contributed by atoms with Crippen molar-refractivity contribution in [2.45, 2.75) is 32.8 Å². The van der Waals surface area contributed by atoms with Crippen LogP contribution in [0.15, 0.2) is 47.3 Å². The van der Waals surface area contributed by atoms with Crippen LogP contribution in [0.4, 0.5) is 5.69 Å². The fraction of sp³-hybridized carbons (Fsp3) is 0.478. The van der Waals surface area contributed by atoms with E-state index in [4.69, 9.17) is 26.3 Å². The predicted octanol–water partition coefficient (Wildman–Crippen LogP) is 4.49. The second kappa shape index (κ2) is 10.6. The molecule has 160 valence electrons. The molecule has 30 heavy (non-hydrogen) atoms. The van der Waals surface area contributed by atoms with Gasteiger partial charge in [-0.3, -0.25) is 0 Å². The fourth-order valence-corrected chi connectivity index (χ4v) is 4.16. The smallest absolute Gasteiger partial charge is 0.136 e. The van der Waals surface area contributed by atoms with Crippen molar-refractivity contribution < 1.29 is 9.47 Å². The molecule has 2 saturated heterocycles. The van der Waals surface area contributed by atoms with Crippen molar-refractivity contribution in [3.05, 3.63) is 52.9 Å². The van der Waals surface area contributed by atoms with Crippen LogP contribution in [0.1, 0.15) is 32.3 Å². The maximum atomic E-state index is 9.06. The van der Waals surface area contributed by atoms with E-state index in [0.717, 1.165) is 50.5 Å². The molecule has 2 unspecified atom stereocenters. The Morgan fingerprint density at radius 2 is 2.17 bits per heavy atom. The summed E-state index contributed by atoms with van der Waals surface area (Å²) in [5.74, 6) is 2.25. The predicted molar refractivity (Wildman–Crippen MR) is 121 cm³/mol. The van der Waals surface area contributed by atoms with Crippen LogP contribution in [-0.4, -0.2) is 38.2 Å². The molecule has 1 aromatic rings. The van der Waals surface area contributed by atoms with E-state index in [2.05, 4.69) is 35.2 Å². The van der Waals surface area contributed by atoms with Crippen LogP contribution in [0.25, 0.3) is 0 Å². The minimum atomic E-state index is 0.139. The summed E-state index contributed by atoms with van der Waals surface area (Å²) < 4.78 is 12.4. The summed E-state index contributed by atoms with van der Waals surface area (Å²) in [6.07, 6.45) is 3.41. The lowest BCUT2D eigenvalue weighted by atomic mass is 9.85. The molecule has 2 heterocycles. The molecule has 1 aromatic carbocycles. The van der Waals surface area contributed by atoms with Gasteiger partial charge < -0.3 is 20.1 Å². The minimum Gasteiger partial charge on any atom is -0.493 e. The summed E-state index contributed by atoms with van der Waals surface area (Å²) in [6.45, 7) is 11.2. The Bertz CT molecular complexity index is 852. The van der Waals surface area contributed by atoms with Crippen molar-refractivity contribution in [1.82, 2.24) is 5.32 Å². The average molecular weight is 429 g/mol. The molecule has 6 nitrogen and oxygen atoms in total. The van der Waals surface area contributed by atoms with Gasteiger partial charge >= 0.3 is 0 Å². The zero-order chi connectivity index (χ0) is 21.5. The van der Waals surface area contributed by atoms with Crippen molar-refractivity contribution >= 4 is 23.1 Å². The Kier molecular flexibility index (Phi) is 7.92. The summed E-state index contributed by atoms with van der Waals surface area (Å²) in [7, 11) is 0. The first-order chi connectivity index (χ1) is 14.6. The van der Waals surface area contributed by atoms with Crippen LogP contribution in [-0.2, 0) is 9.47 Å². The maximum Gasteiger partial charge on any atom is 0.136 e. The monoisotopic (exact) mass is 428 g/mol. The largest absolute Gasteiger partial charge is 0.493 e. The molecular weight excluding hydrogens is 400 g/mol. The number of benzene rings is 1. The van der Waals surface area contributed by atoms with Crippen LogP contribution in [0.5, 0.6) is 0 Å². The van der Waals surface area contributed by atoms with Crippen molar-refractivity contribution in [3.63, 3.8) is 0 Å². The highest BCUT2D eigenvalue weighted by Gasteiger charge is 2.39. The van der Waals surface area contributed by atoms with Gasteiger partial charge in [-0.1, -0.05) is 25.1 Å². The zero-order valence-electron chi connectivity index (χ0n) is 17.6. The molecule has 2 bridgehead atoms. The Morgan fingerprint density at radius 1 is 1.43 bits per heavy atom. The molecule has 0 saturated carbocycles. The molecule has 2 fully saturated rings. The van der Waals surface area contributed by atoms with Crippen LogP contribution < -0.4 is 10.6 Å². The summed E-state index contributed by atoms with van der Waals surface area (Å²) in [6, 6.07) is 7.23. The number of piperidine rings is 1. The van der Waals surface area contributed by atoms with Gasteiger partial charge in [0.25, 0.3) is 0 Å². The Balaban J connectivity index is 1.87. The second-order valence-corrected chi connectivity index (χ2v) is 8.10. The molecule has 2 aliphatic heterocycles. The van der Waals surface area contributed by atoms with Crippen molar-refractivity contribution in [1.29, 1.82) is 5.26 Å². The van der Waals surface area contributed by atoms with E-state index in [1.165, 1.54) is 6.20 Å². The third kappa shape index (κ3) is 5.23. The van der Waals surface area contributed by atoms with E-state index in [1.54, 1.807) is 18.2 Å². The second-order valence-electron chi connectivity index (χ2n) is 7.69. The normalized spacial score (nSPS) is 24.5. The number of allylic oxidation sites excluding steroid dienone is 1. The van der Waals surface area contributed by atoms with Gasteiger partial charge in [0, 0.05) is 43.1 Å². The third-order valence-corrected chi connectivity index (χ3v) is 5.82. The molecule has 0 amide bonds. The van der Waals surface area contributed by atoms with Gasteiger partial charge in [0.2, 0.25) is 0 Å². The fourth-order valence-electron chi connectivity index (χ4n) is 3.93. The van der Waals surface area contributed by atoms with Gasteiger partial charge in [-0.2, -0.15) is 5.26 Å². The number of rotatable bonds is 7. The molecule has 0 aromatic heterocycles. The third-order valence-electron chi connectivity index (χ3n) is 5.51. The van der Waals surface area contributed by atoms with Gasteiger partial charge in [-0.25, -0.2) is 4.99 Å². The number of hydrogen-bond donors (Lipinski definition) is 2. The molecule has 2 atom stereocenters. The summed E-state index contributed by atoms with van der Waals surface area (Å²) in [5.41, 5.74) is 2.11. The van der Waals surface area contributed by atoms with E-state index in [9.17, 15) is 0 Å². The lowest BCUT2D eigenvalue weighted by Crippen LogP contribution is -2.54. The molecular formula is C23H29ClN4O2. The first-order valence-corrected chi connectivity index (χ1v) is 10.8. The number of nitrogens with one attached hydrogen (secondary N) is 2. The van der Waals surface area contributed by atoms with E-state index >= 15 is 0 Å². The molecule has 0 aliphatic carbocycles. The van der Waals surface area contributed by atoms with Gasteiger partial charge in [0.15, 0.2) is 0 Å². The number of anilines is 1. The number of nitriles is 1. The highest BCUT2D eigenvalue weighted by Crippen LogP contribution is 2.31. The number of amidine groups is 1. The molecule has 7 heteroatoms. The van der Waals surface area contributed by atoms with Crippen molar-refractivity contribution in [3.8, 4) is 6.07 Å². The highest BCUT2D eigenvalue weighted by atomic mass is 35.5. The Morgan fingerprint density at radius 3 is 2.77 bits per heavy atom. The Hall–Kier alpha value is -2.33. The molecule has 0 radical (unpaired) electrons. The van der Waals surface area contributed by atoms with E-state index in [-0.39, 0.29) is 6.10 Å². The van der Waals surface area contributed by atoms with Crippen LogP contribution in [0, 0.1) is 23.2 Å². The number of aliphatic imine (C=N–C) groups is 1. The van der Waals surface area contributed by atoms with Crippen molar-refractivity contribution in [2.24, 2.45) is 16.8 Å². The van der Waals surface area contributed by atoms with Crippen LogP contribution in [0.2, 0.25) is 5.02 Å². The van der Waals surface area contributed by atoms with Crippen molar-refractivity contribution in [2.75, 3.05) is 31.6 Å². The van der Waals surface area contributed by atoms with Gasteiger partial charge in [-0.15, -0.1) is 0 Å². The molecule has 2 N–H and O–H groups in total. The maximum absolute atomic E-state index is 9.06. The van der Waals surface area contributed by atoms with Crippen LogP contribution in [0.3, 0.4) is 0 Å². The summed E-state index contributed by atoms with van der Waals surface area (Å²) in [4.78, 5) is 4.44. The lowest BCUT2D eigenvalue weighted by molar-refractivity contribution is -0.107. The van der Waals surface area contributed by atoms with E-state index in [1.807, 2.05) is 6.92 Å². The SMILES string of the molecule is C=CN=C(Nc1ccc(C#N)cc1Cl)C(C)=C(CCC)OC1C2CNCC1COC2. The van der Waals surface area contributed by atoms with E-state index < -0.39 is 0 Å². The number of fused-ring (bicyclic) bond motifs is 2. The number of ether oxygens (including phenoxy) is 2. The van der Waals surface area contributed by atoms with Crippen LogP contribution >= 0.6 is 11.6 Å². The minimum absolute atomic E-state index is 0.139. The average Bonchev–Trinajstić information content (AvgIpc) is 2.73. The highest BCUT2D eigenvalue weighted by molar-refractivity contribution is 6.34. The topological polar surface area (TPSA) is 78.7 Å². The zero-order valence-corrected chi connectivity index (χ0v) is 18.3. The Labute approximate surface area is 183 Å². The standard InChI is InChI=1S/C23H29ClN4O2/c1-4-6-21(30-22-17-11-26-12-18(22)14-29-13-17)15(3)23(27-5-2)28-20-8-7-16(10-25)9-19(20)24/h5,7-9,17-18,22,26H,2,4,6,11-14H2,1,3H3,(H,27,28). The molecule has 0 spiro atoms. The van der Waals surface area contributed by atoms with Gasteiger partial charge in [0.05, 0.1) is 35.6 Å². The number of hydrogen-bond acceptors (Lipinski definition) is 5. The number of nitrogens with zero attached hydrogens (tertiary/aromatic N) is 2. The molecule has 3 rings (SSSR count). The summed E-state index contributed by atoms with van der Waals surface area (Å²) >= 11 is 6.36. The first-order valence-electron chi connectivity index (χ1n) is 10.4. The van der Waals surface area contributed by atoms with Gasteiger partial charge in [-0.05, 0) is 31.5 Å². The number of halogens is 1. The quantitative estimate of drug-likeness (QED) is 0.380. The summed E-state index contributed by atoms with van der Waals surface area (Å²) in [5, 5.41) is 16.3. The lowest BCUT2D eigenvalue weighted by Gasteiger charge is -2.43. The van der Waals surface area contributed by atoms with E-state index in [0.29, 0.717) is 33.9 Å².